The number of ether oxygens (including phenoxy) is 1. The fourth-order valence-electron chi connectivity index (χ4n) is 3.10. The number of unbranched alkanes of at least 4 members (excludes halogenated alkanes) is 1. The van der Waals surface area contributed by atoms with Gasteiger partial charge in [-0.25, -0.2) is 18.1 Å². The van der Waals surface area contributed by atoms with E-state index >= 15 is 0 Å². The third kappa shape index (κ3) is 5.88. The van der Waals surface area contributed by atoms with Crippen molar-refractivity contribution in [1.29, 1.82) is 0 Å². The van der Waals surface area contributed by atoms with E-state index in [1.165, 1.54) is 36.1 Å². The molecule has 2 aromatic carbocycles. The Morgan fingerprint density at radius 3 is 2.74 bits per heavy atom. The summed E-state index contributed by atoms with van der Waals surface area (Å²) in [6.45, 7) is 4.34. The van der Waals surface area contributed by atoms with E-state index in [1.54, 1.807) is 13.0 Å². The molecule has 0 unspecified atom stereocenters. The van der Waals surface area contributed by atoms with E-state index in [0.717, 1.165) is 29.5 Å². The van der Waals surface area contributed by atoms with E-state index < -0.39 is 15.9 Å². The average Bonchev–Trinajstić information content (AvgIpc) is 3.13. The number of hydrogen-bond acceptors (Lipinski definition) is 6. The van der Waals surface area contributed by atoms with Crippen molar-refractivity contribution in [1.82, 2.24) is 9.71 Å². The summed E-state index contributed by atoms with van der Waals surface area (Å²) < 4.78 is 33.3. The van der Waals surface area contributed by atoms with Crippen LogP contribution >= 0.6 is 11.3 Å². The molecule has 1 aromatic heterocycles. The average molecular weight is 462 g/mol. The molecule has 0 radical (unpaired) electrons. The van der Waals surface area contributed by atoms with Crippen molar-refractivity contribution in [3.05, 3.63) is 53.1 Å². The lowest BCUT2D eigenvalue weighted by molar-refractivity contribution is 0.102. The molecule has 3 rings (SSSR count). The molecule has 7 nitrogen and oxygen atoms in total. The molecule has 166 valence electrons. The van der Waals surface area contributed by atoms with Crippen LogP contribution in [-0.2, 0) is 21.2 Å². The molecule has 9 heteroatoms. The molecule has 1 amide bonds. The molecule has 0 aliphatic heterocycles. The maximum Gasteiger partial charge on any atom is 0.257 e. The Hall–Kier alpha value is -2.33. The Kier molecular flexibility index (Phi) is 7.77. The Balaban J connectivity index is 1.79. The van der Waals surface area contributed by atoms with E-state index in [-0.39, 0.29) is 23.6 Å². The second-order valence-electron chi connectivity index (χ2n) is 7.25. The van der Waals surface area contributed by atoms with Crippen molar-refractivity contribution in [2.45, 2.75) is 38.0 Å². The summed E-state index contributed by atoms with van der Waals surface area (Å²) in [6.07, 6.45) is 3.29. The van der Waals surface area contributed by atoms with Crippen LogP contribution in [0.3, 0.4) is 0 Å². The van der Waals surface area contributed by atoms with Crippen molar-refractivity contribution >= 4 is 42.6 Å². The predicted molar refractivity (Wildman–Crippen MR) is 124 cm³/mol. The molecule has 31 heavy (non-hydrogen) atoms. The standard InChI is InChI=1S/C22H27N3O4S2/c1-4-5-6-16-8-10-19-20(13-16)30-22(24-19)25-21(26)18-14-17(9-7-15(18)2)31(27,28)23-11-12-29-3/h7-10,13-14,23H,4-6,11-12H2,1-3H3,(H,24,25,26). The quantitative estimate of drug-likeness (QED) is 0.443. The molecule has 0 fully saturated rings. The highest BCUT2D eigenvalue weighted by atomic mass is 32.2. The molecule has 0 atom stereocenters. The lowest BCUT2D eigenvalue weighted by Gasteiger charge is -2.10. The summed E-state index contributed by atoms with van der Waals surface area (Å²) in [5.74, 6) is -0.392. The van der Waals surface area contributed by atoms with Crippen molar-refractivity contribution < 1.29 is 17.9 Å². The Morgan fingerprint density at radius 2 is 2.00 bits per heavy atom. The summed E-state index contributed by atoms with van der Waals surface area (Å²) >= 11 is 1.41. The Bertz CT molecular complexity index is 1170. The number of nitrogens with one attached hydrogen (secondary N) is 2. The van der Waals surface area contributed by atoms with Crippen LogP contribution in [0, 0.1) is 6.92 Å². The molecule has 3 aromatic rings. The number of carbonyl (C=O) groups is 1. The second-order valence-corrected chi connectivity index (χ2v) is 10.0. The van der Waals surface area contributed by atoms with Crippen LogP contribution < -0.4 is 10.0 Å². The topological polar surface area (TPSA) is 97.4 Å². The van der Waals surface area contributed by atoms with Gasteiger partial charge in [0.25, 0.3) is 5.91 Å². The molecular weight excluding hydrogens is 434 g/mol. The van der Waals surface area contributed by atoms with Gasteiger partial charge < -0.3 is 4.74 Å². The van der Waals surface area contributed by atoms with Crippen LogP contribution in [0.1, 0.15) is 41.3 Å². The molecule has 0 saturated carbocycles. The molecule has 0 bridgehead atoms. The largest absolute Gasteiger partial charge is 0.383 e. The van der Waals surface area contributed by atoms with Crippen molar-refractivity contribution in [2.75, 3.05) is 25.6 Å². The molecular formula is C22H27N3O4S2. The second kappa shape index (κ2) is 10.3. The van der Waals surface area contributed by atoms with Crippen LogP contribution in [-0.4, -0.2) is 39.6 Å². The van der Waals surface area contributed by atoms with Gasteiger partial charge in [-0.05, 0) is 55.2 Å². The smallest absolute Gasteiger partial charge is 0.257 e. The highest BCUT2D eigenvalue weighted by molar-refractivity contribution is 7.89. The van der Waals surface area contributed by atoms with Gasteiger partial charge in [-0.3, -0.25) is 10.1 Å². The maximum atomic E-state index is 12.9. The zero-order chi connectivity index (χ0) is 22.4. The number of aryl methyl sites for hydroxylation is 2. The number of hydrogen-bond donors (Lipinski definition) is 2. The monoisotopic (exact) mass is 461 g/mol. The van der Waals surface area contributed by atoms with Gasteiger partial charge in [0.1, 0.15) is 0 Å². The zero-order valence-corrected chi connectivity index (χ0v) is 19.5. The summed E-state index contributed by atoms with van der Waals surface area (Å²) in [6, 6.07) is 10.6. The third-order valence-electron chi connectivity index (χ3n) is 4.85. The normalized spacial score (nSPS) is 11.7. The van der Waals surface area contributed by atoms with Gasteiger partial charge in [0.05, 0.1) is 21.7 Å². The van der Waals surface area contributed by atoms with Crippen LogP contribution in [0.25, 0.3) is 10.2 Å². The predicted octanol–water partition coefficient (Wildman–Crippen LogP) is 4.12. The van der Waals surface area contributed by atoms with Crippen LogP contribution in [0.4, 0.5) is 5.13 Å². The highest BCUT2D eigenvalue weighted by Gasteiger charge is 2.19. The minimum atomic E-state index is -3.73. The Labute approximate surface area is 186 Å². The minimum Gasteiger partial charge on any atom is -0.383 e. The molecule has 0 saturated heterocycles. The van der Waals surface area contributed by atoms with E-state index in [4.69, 9.17) is 4.74 Å². The number of anilines is 1. The van der Waals surface area contributed by atoms with Crippen LogP contribution in [0.15, 0.2) is 41.3 Å². The third-order valence-corrected chi connectivity index (χ3v) is 7.25. The van der Waals surface area contributed by atoms with E-state index in [0.29, 0.717) is 10.7 Å². The zero-order valence-electron chi connectivity index (χ0n) is 17.9. The first-order valence-electron chi connectivity index (χ1n) is 10.1. The fourth-order valence-corrected chi connectivity index (χ4v) is 5.06. The van der Waals surface area contributed by atoms with Gasteiger partial charge in [0.2, 0.25) is 10.0 Å². The van der Waals surface area contributed by atoms with Crippen molar-refractivity contribution in [3.63, 3.8) is 0 Å². The lowest BCUT2D eigenvalue weighted by Crippen LogP contribution is -2.27. The summed E-state index contributed by atoms with van der Waals surface area (Å²) in [4.78, 5) is 17.4. The molecule has 1 heterocycles. The lowest BCUT2D eigenvalue weighted by atomic mass is 10.1. The van der Waals surface area contributed by atoms with Crippen LogP contribution in [0.2, 0.25) is 0 Å². The number of carbonyl (C=O) groups excluding carboxylic acids is 1. The van der Waals surface area contributed by atoms with E-state index in [9.17, 15) is 13.2 Å². The minimum absolute atomic E-state index is 0.0317. The van der Waals surface area contributed by atoms with Gasteiger partial charge in [0, 0.05) is 19.2 Å². The SMILES string of the molecule is CCCCc1ccc2nc(NC(=O)c3cc(S(=O)(=O)NCCOC)ccc3C)sc2c1. The number of benzene rings is 2. The summed E-state index contributed by atoms with van der Waals surface area (Å²) in [5.41, 5.74) is 3.05. The van der Waals surface area contributed by atoms with E-state index in [2.05, 4.69) is 34.1 Å². The maximum absolute atomic E-state index is 12.9. The van der Waals surface area contributed by atoms with E-state index in [1.807, 2.05) is 6.07 Å². The first-order valence-corrected chi connectivity index (χ1v) is 12.4. The van der Waals surface area contributed by atoms with Gasteiger partial charge in [0.15, 0.2) is 5.13 Å². The molecule has 0 aliphatic carbocycles. The highest BCUT2D eigenvalue weighted by Crippen LogP contribution is 2.28. The summed E-state index contributed by atoms with van der Waals surface area (Å²) in [7, 11) is -2.24. The number of sulfonamides is 1. The number of methoxy groups -OCH3 is 1. The van der Waals surface area contributed by atoms with Crippen molar-refractivity contribution in [2.24, 2.45) is 0 Å². The number of thiazole rings is 1. The molecule has 0 spiro atoms. The van der Waals surface area contributed by atoms with Gasteiger partial charge in [-0.15, -0.1) is 0 Å². The molecule has 2 N–H and O–H groups in total. The number of fused-ring (bicyclic) bond motifs is 1. The van der Waals surface area contributed by atoms with Gasteiger partial charge in [-0.2, -0.15) is 0 Å². The Morgan fingerprint density at radius 1 is 1.19 bits per heavy atom. The number of nitrogens with zero attached hydrogens (tertiary/aromatic N) is 1. The summed E-state index contributed by atoms with van der Waals surface area (Å²) in [5, 5.41) is 3.30. The van der Waals surface area contributed by atoms with Gasteiger partial charge in [-0.1, -0.05) is 36.8 Å². The van der Waals surface area contributed by atoms with Crippen LogP contribution in [0.5, 0.6) is 0 Å². The number of amides is 1. The first kappa shape index (κ1) is 23.3. The van der Waals surface area contributed by atoms with Crippen molar-refractivity contribution in [3.8, 4) is 0 Å². The first-order chi connectivity index (χ1) is 14.8. The number of aromatic nitrogens is 1. The van der Waals surface area contributed by atoms with Gasteiger partial charge >= 0.3 is 0 Å². The fraction of sp³-hybridized carbons (Fsp3) is 0.364. The number of rotatable bonds is 10. The molecule has 0 aliphatic rings.